The van der Waals surface area contributed by atoms with Crippen LogP contribution in [0.3, 0.4) is 0 Å². The van der Waals surface area contributed by atoms with Crippen LogP contribution in [0, 0.1) is 10.1 Å². The number of amides is 1. The van der Waals surface area contributed by atoms with Gasteiger partial charge in [0.1, 0.15) is 11.4 Å². The molecule has 1 aliphatic heterocycles. The van der Waals surface area contributed by atoms with E-state index in [0.717, 1.165) is 5.56 Å². The van der Waals surface area contributed by atoms with Crippen LogP contribution in [0.25, 0.3) is 22.2 Å². The molecule has 5 rings (SSSR count). The zero-order valence-corrected chi connectivity index (χ0v) is 17.4. The molecule has 1 N–H and O–H groups in total. The van der Waals surface area contributed by atoms with E-state index in [1.807, 2.05) is 12.1 Å². The zero-order chi connectivity index (χ0) is 22.9. The van der Waals surface area contributed by atoms with E-state index >= 15 is 0 Å². The van der Waals surface area contributed by atoms with Gasteiger partial charge < -0.3 is 19.5 Å². The Morgan fingerprint density at radius 3 is 2.70 bits per heavy atom. The number of nitro benzene ring substituents is 1. The van der Waals surface area contributed by atoms with Crippen LogP contribution in [0.5, 0.6) is 17.2 Å². The second-order valence-electron chi connectivity index (χ2n) is 7.23. The highest BCUT2D eigenvalue weighted by Gasteiger charge is 2.21. The lowest BCUT2D eigenvalue weighted by Crippen LogP contribution is -2.14. The predicted molar refractivity (Wildman–Crippen MR) is 121 cm³/mol. The van der Waals surface area contributed by atoms with Gasteiger partial charge in [-0.25, -0.2) is 4.98 Å². The van der Waals surface area contributed by atoms with Crippen molar-refractivity contribution in [3.63, 3.8) is 0 Å². The minimum absolute atomic E-state index is 0.0660. The van der Waals surface area contributed by atoms with Gasteiger partial charge in [-0.1, -0.05) is 18.2 Å². The largest absolute Gasteiger partial charge is 0.496 e. The highest BCUT2D eigenvalue weighted by atomic mass is 16.7. The molecule has 0 fully saturated rings. The third-order valence-corrected chi connectivity index (χ3v) is 5.28. The van der Waals surface area contributed by atoms with Crippen molar-refractivity contribution in [1.82, 2.24) is 4.98 Å². The molecule has 1 aromatic heterocycles. The van der Waals surface area contributed by atoms with Gasteiger partial charge in [0.05, 0.1) is 34.9 Å². The Balaban J connectivity index is 1.58. The molecule has 0 spiro atoms. The number of aromatic nitrogens is 1. The molecule has 0 aliphatic carbocycles. The van der Waals surface area contributed by atoms with Crippen LogP contribution in [0.4, 0.5) is 11.4 Å². The number of hydrogen-bond donors (Lipinski definition) is 1. The molecule has 1 aliphatic rings. The average molecular weight is 443 g/mol. The number of methoxy groups -OCH3 is 1. The summed E-state index contributed by atoms with van der Waals surface area (Å²) in [5.41, 5.74) is 2.05. The first-order chi connectivity index (χ1) is 16.0. The summed E-state index contributed by atoms with van der Waals surface area (Å²) in [6.45, 7) is 0.151. The monoisotopic (exact) mass is 443 g/mol. The third-order valence-electron chi connectivity index (χ3n) is 5.28. The zero-order valence-electron chi connectivity index (χ0n) is 17.4. The van der Waals surface area contributed by atoms with Crippen LogP contribution in [0.1, 0.15) is 10.4 Å². The van der Waals surface area contributed by atoms with E-state index in [4.69, 9.17) is 14.2 Å². The van der Waals surface area contributed by atoms with Gasteiger partial charge in [0.15, 0.2) is 11.5 Å². The van der Waals surface area contributed by atoms with Crippen molar-refractivity contribution in [3.05, 3.63) is 82.4 Å². The first kappa shape index (κ1) is 20.3. The summed E-state index contributed by atoms with van der Waals surface area (Å²) in [6.07, 6.45) is 0. The lowest BCUT2D eigenvalue weighted by molar-refractivity contribution is -0.384. The Morgan fingerprint density at radius 1 is 1.06 bits per heavy atom. The quantitative estimate of drug-likeness (QED) is 0.348. The summed E-state index contributed by atoms with van der Waals surface area (Å²) in [6, 6.07) is 18.5. The summed E-state index contributed by atoms with van der Waals surface area (Å²) < 4.78 is 15.9. The Bertz CT molecular complexity index is 1420. The SMILES string of the molecule is COc1ccc(NC(=O)c2cc(-c3ccc4c(c3)OCO4)nc3ccccc23)c([N+](=O)[O-])c1. The molecule has 0 unspecified atom stereocenters. The fourth-order valence-corrected chi connectivity index (χ4v) is 3.65. The van der Waals surface area contributed by atoms with E-state index in [1.165, 1.54) is 19.2 Å². The molecule has 1 amide bonds. The lowest BCUT2D eigenvalue weighted by Gasteiger charge is -2.12. The Labute approximate surface area is 187 Å². The number of hydrogen-bond acceptors (Lipinski definition) is 7. The Morgan fingerprint density at radius 2 is 1.88 bits per heavy atom. The molecule has 33 heavy (non-hydrogen) atoms. The van der Waals surface area contributed by atoms with E-state index in [-0.39, 0.29) is 18.2 Å². The second kappa shape index (κ2) is 8.12. The minimum Gasteiger partial charge on any atom is -0.496 e. The number of nitrogens with zero attached hydrogens (tertiary/aromatic N) is 2. The maximum absolute atomic E-state index is 13.3. The molecule has 0 saturated carbocycles. The van der Waals surface area contributed by atoms with Crippen molar-refractivity contribution >= 4 is 28.2 Å². The predicted octanol–water partition coefficient (Wildman–Crippen LogP) is 4.80. The summed E-state index contributed by atoms with van der Waals surface area (Å²) in [4.78, 5) is 28.9. The van der Waals surface area contributed by atoms with Gasteiger partial charge in [0.2, 0.25) is 6.79 Å². The maximum atomic E-state index is 13.3. The number of rotatable bonds is 5. The van der Waals surface area contributed by atoms with E-state index in [1.54, 1.807) is 42.5 Å². The van der Waals surface area contributed by atoms with Crippen LogP contribution >= 0.6 is 0 Å². The van der Waals surface area contributed by atoms with Gasteiger partial charge in [0, 0.05) is 10.9 Å². The van der Waals surface area contributed by atoms with Gasteiger partial charge in [0.25, 0.3) is 11.6 Å². The summed E-state index contributed by atoms with van der Waals surface area (Å²) in [5.74, 6) is 1.06. The molecule has 4 aromatic rings. The van der Waals surface area contributed by atoms with E-state index in [2.05, 4.69) is 10.3 Å². The molecule has 3 aromatic carbocycles. The highest BCUT2D eigenvalue weighted by Crippen LogP contribution is 2.36. The molecule has 2 heterocycles. The molecule has 9 heteroatoms. The van der Waals surface area contributed by atoms with Gasteiger partial charge in [-0.15, -0.1) is 0 Å². The first-order valence-corrected chi connectivity index (χ1v) is 9.97. The number of carbonyl (C=O) groups is 1. The second-order valence-corrected chi connectivity index (χ2v) is 7.23. The molecule has 9 nitrogen and oxygen atoms in total. The van der Waals surface area contributed by atoms with Gasteiger partial charge in [-0.3, -0.25) is 14.9 Å². The van der Waals surface area contributed by atoms with Gasteiger partial charge >= 0.3 is 0 Å². The van der Waals surface area contributed by atoms with Crippen molar-refractivity contribution in [3.8, 4) is 28.5 Å². The number of anilines is 1. The average Bonchev–Trinajstić information content (AvgIpc) is 3.31. The number of ether oxygens (including phenoxy) is 3. The summed E-state index contributed by atoms with van der Waals surface area (Å²) >= 11 is 0. The van der Waals surface area contributed by atoms with Crippen molar-refractivity contribution in [1.29, 1.82) is 0 Å². The standard InChI is InChI=1S/C24H17N3O6/c1-31-15-7-8-19(21(11-15)27(29)30)26-24(28)17-12-20(25-18-5-3-2-4-16(17)18)14-6-9-22-23(10-14)33-13-32-22/h2-12H,13H2,1H3,(H,26,28). The van der Waals surface area contributed by atoms with Crippen LogP contribution in [0.2, 0.25) is 0 Å². The molecule has 0 radical (unpaired) electrons. The fourth-order valence-electron chi connectivity index (χ4n) is 3.65. The fraction of sp³-hybridized carbons (Fsp3) is 0.0833. The van der Waals surface area contributed by atoms with Crippen molar-refractivity contribution in [2.45, 2.75) is 0 Å². The summed E-state index contributed by atoms with van der Waals surface area (Å²) in [7, 11) is 1.41. The van der Waals surface area contributed by atoms with Crippen molar-refractivity contribution < 1.29 is 23.9 Å². The first-order valence-electron chi connectivity index (χ1n) is 9.97. The smallest absolute Gasteiger partial charge is 0.296 e. The number of carbonyl (C=O) groups excluding carboxylic acids is 1. The van der Waals surface area contributed by atoms with Crippen LogP contribution in [-0.4, -0.2) is 29.7 Å². The highest BCUT2D eigenvalue weighted by molar-refractivity contribution is 6.13. The molecular formula is C24H17N3O6. The topological polar surface area (TPSA) is 113 Å². The van der Waals surface area contributed by atoms with Crippen molar-refractivity contribution in [2.24, 2.45) is 0 Å². The number of pyridine rings is 1. The van der Waals surface area contributed by atoms with E-state index in [0.29, 0.717) is 39.4 Å². The van der Waals surface area contributed by atoms with Crippen molar-refractivity contribution in [2.75, 3.05) is 19.2 Å². The molecule has 0 saturated heterocycles. The van der Waals surface area contributed by atoms with Crippen LogP contribution < -0.4 is 19.5 Å². The lowest BCUT2D eigenvalue weighted by atomic mass is 10.0. The number of fused-ring (bicyclic) bond motifs is 2. The summed E-state index contributed by atoms with van der Waals surface area (Å²) in [5, 5.41) is 14.8. The van der Waals surface area contributed by atoms with Gasteiger partial charge in [-0.2, -0.15) is 0 Å². The third kappa shape index (κ3) is 3.76. The number of para-hydroxylation sites is 1. The van der Waals surface area contributed by atoms with Crippen LogP contribution in [0.15, 0.2) is 66.7 Å². The Kier molecular flexibility index (Phi) is 4.98. The molecule has 0 bridgehead atoms. The van der Waals surface area contributed by atoms with E-state index < -0.39 is 10.8 Å². The molecule has 164 valence electrons. The minimum atomic E-state index is -0.569. The number of nitrogens with one attached hydrogen (secondary N) is 1. The van der Waals surface area contributed by atoms with E-state index in [9.17, 15) is 14.9 Å². The molecule has 0 atom stereocenters. The maximum Gasteiger partial charge on any atom is 0.296 e. The number of benzene rings is 3. The van der Waals surface area contributed by atoms with Crippen LogP contribution in [-0.2, 0) is 0 Å². The normalized spacial score (nSPS) is 11.9. The Hall–Kier alpha value is -4.66. The van der Waals surface area contributed by atoms with Gasteiger partial charge in [-0.05, 0) is 42.5 Å². The molecular weight excluding hydrogens is 426 g/mol. The number of nitro groups is 1.